The van der Waals surface area contributed by atoms with Gasteiger partial charge in [0.2, 0.25) is 0 Å². The number of hydrogen-bond acceptors (Lipinski definition) is 6. The fourth-order valence-corrected chi connectivity index (χ4v) is 4.43. The number of carbonyl (C=O) groups excluding carboxylic acids is 2. The third-order valence-electron chi connectivity index (χ3n) is 4.95. The lowest BCUT2D eigenvalue weighted by molar-refractivity contribution is 0.0531. The molecule has 0 fully saturated rings. The number of anilines is 1. The lowest BCUT2D eigenvalue weighted by atomic mass is 10.1. The molecule has 0 radical (unpaired) electrons. The molecule has 0 saturated heterocycles. The van der Waals surface area contributed by atoms with Crippen molar-refractivity contribution < 1.29 is 14.3 Å². The summed E-state index contributed by atoms with van der Waals surface area (Å²) < 4.78 is 6.56. The first kappa shape index (κ1) is 21.5. The summed E-state index contributed by atoms with van der Waals surface area (Å²) in [6.07, 6.45) is 1.46. The van der Waals surface area contributed by atoms with Crippen LogP contribution in [0.25, 0.3) is 10.2 Å². The summed E-state index contributed by atoms with van der Waals surface area (Å²) in [5.41, 5.74) is 2.32. The van der Waals surface area contributed by atoms with E-state index in [-0.39, 0.29) is 24.6 Å². The normalized spacial score (nSPS) is 10.8. The molecule has 0 bridgehead atoms. The predicted molar refractivity (Wildman–Crippen MR) is 125 cm³/mol. The maximum Gasteiger partial charge on any atom is 0.348 e. The molecule has 0 aliphatic heterocycles. The number of rotatable bonds is 6. The lowest BCUT2D eigenvalue weighted by Gasteiger charge is -2.09. The third kappa shape index (κ3) is 4.31. The Labute approximate surface area is 188 Å². The monoisotopic (exact) mass is 447 g/mol. The quantitative estimate of drug-likeness (QED) is 0.447. The second-order valence-electron chi connectivity index (χ2n) is 7.15. The molecule has 1 amide bonds. The summed E-state index contributed by atoms with van der Waals surface area (Å²) in [5.74, 6) is -0.678. The number of fused-ring (bicyclic) bond motifs is 1. The number of benzene rings is 2. The van der Waals surface area contributed by atoms with Crippen molar-refractivity contribution in [1.82, 2.24) is 9.55 Å². The van der Waals surface area contributed by atoms with Crippen LogP contribution < -0.4 is 10.9 Å². The van der Waals surface area contributed by atoms with E-state index in [1.54, 1.807) is 32.0 Å². The summed E-state index contributed by atoms with van der Waals surface area (Å²) in [4.78, 5) is 43.1. The largest absolute Gasteiger partial charge is 0.462 e. The van der Waals surface area contributed by atoms with Crippen LogP contribution in [-0.4, -0.2) is 28.0 Å². The van der Waals surface area contributed by atoms with Crippen molar-refractivity contribution in [1.29, 1.82) is 0 Å². The molecular formula is C24H21N3O4S. The number of nitrogens with zero attached hydrogens (tertiary/aromatic N) is 2. The van der Waals surface area contributed by atoms with Gasteiger partial charge >= 0.3 is 5.97 Å². The molecule has 2 heterocycles. The van der Waals surface area contributed by atoms with Gasteiger partial charge in [-0.1, -0.05) is 30.3 Å². The van der Waals surface area contributed by atoms with Gasteiger partial charge in [-0.2, -0.15) is 0 Å². The molecule has 0 aliphatic rings. The van der Waals surface area contributed by atoms with E-state index in [2.05, 4.69) is 10.3 Å². The van der Waals surface area contributed by atoms with Gasteiger partial charge in [-0.05, 0) is 49.2 Å². The Bertz CT molecular complexity index is 1360. The zero-order chi connectivity index (χ0) is 22.7. The molecule has 0 unspecified atom stereocenters. The molecule has 1 N–H and O–H groups in total. The van der Waals surface area contributed by atoms with Crippen molar-refractivity contribution in [2.24, 2.45) is 0 Å². The lowest BCUT2D eigenvalue weighted by Crippen LogP contribution is -2.21. The fraction of sp³-hybridized carbons (Fsp3) is 0.167. The molecule has 7 nitrogen and oxygen atoms in total. The van der Waals surface area contributed by atoms with E-state index in [4.69, 9.17) is 4.74 Å². The van der Waals surface area contributed by atoms with Crippen molar-refractivity contribution in [2.75, 3.05) is 11.9 Å². The van der Waals surface area contributed by atoms with Crippen molar-refractivity contribution in [2.45, 2.75) is 20.4 Å². The second kappa shape index (κ2) is 9.15. The minimum absolute atomic E-state index is 0.230. The first-order valence-electron chi connectivity index (χ1n) is 10.1. The van der Waals surface area contributed by atoms with Crippen LogP contribution in [0.1, 0.15) is 38.1 Å². The number of aromatic nitrogens is 2. The van der Waals surface area contributed by atoms with Gasteiger partial charge in [0.1, 0.15) is 9.71 Å². The van der Waals surface area contributed by atoms with E-state index >= 15 is 0 Å². The van der Waals surface area contributed by atoms with Gasteiger partial charge in [0.05, 0.1) is 24.9 Å². The smallest absolute Gasteiger partial charge is 0.348 e. The van der Waals surface area contributed by atoms with Crippen molar-refractivity contribution in [3.63, 3.8) is 0 Å². The number of para-hydroxylation sites is 1. The number of hydrogen-bond donors (Lipinski definition) is 1. The first-order valence-corrected chi connectivity index (χ1v) is 10.9. The highest BCUT2D eigenvalue weighted by atomic mass is 32.1. The Hall–Kier alpha value is -3.78. The topological polar surface area (TPSA) is 90.3 Å². The molecule has 8 heteroatoms. The minimum Gasteiger partial charge on any atom is -0.462 e. The molecule has 32 heavy (non-hydrogen) atoms. The van der Waals surface area contributed by atoms with Gasteiger partial charge in [0.25, 0.3) is 11.5 Å². The van der Waals surface area contributed by atoms with Crippen LogP contribution in [-0.2, 0) is 11.3 Å². The van der Waals surface area contributed by atoms with Crippen LogP contribution in [0.5, 0.6) is 0 Å². The summed E-state index contributed by atoms with van der Waals surface area (Å²) >= 11 is 1.16. The predicted octanol–water partition coefficient (Wildman–Crippen LogP) is 4.24. The zero-order valence-corrected chi connectivity index (χ0v) is 18.4. The number of nitrogens with one attached hydrogen (secondary N) is 1. The number of thiophene rings is 1. The highest BCUT2D eigenvalue weighted by Crippen LogP contribution is 2.27. The maximum atomic E-state index is 13.1. The van der Waals surface area contributed by atoms with Gasteiger partial charge in [-0.15, -0.1) is 11.3 Å². The van der Waals surface area contributed by atoms with E-state index < -0.39 is 5.97 Å². The molecule has 162 valence electrons. The first-order chi connectivity index (χ1) is 15.5. The molecule has 4 rings (SSSR count). The number of carbonyl (C=O) groups is 2. The average Bonchev–Trinajstić information content (AvgIpc) is 3.14. The third-order valence-corrected chi connectivity index (χ3v) is 6.13. The van der Waals surface area contributed by atoms with Crippen LogP contribution >= 0.6 is 11.3 Å². The number of amides is 1. The van der Waals surface area contributed by atoms with Crippen LogP contribution in [0.3, 0.4) is 0 Å². The van der Waals surface area contributed by atoms with Crippen molar-refractivity contribution >= 4 is 39.1 Å². The number of esters is 1. The van der Waals surface area contributed by atoms with Crippen LogP contribution in [0, 0.1) is 6.92 Å². The molecule has 0 aliphatic carbocycles. The Kier molecular flexibility index (Phi) is 6.13. The molecule has 0 spiro atoms. The summed E-state index contributed by atoms with van der Waals surface area (Å²) in [7, 11) is 0. The Morgan fingerprint density at radius 3 is 2.66 bits per heavy atom. The van der Waals surface area contributed by atoms with Gasteiger partial charge in [0.15, 0.2) is 0 Å². The standard InChI is InChI=1S/C24H21N3O4S/c1-3-31-24(30)20-15(2)19-22(32-20)25-14-27(23(19)29)13-16-8-7-9-17(12-16)21(28)26-18-10-5-4-6-11-18/h4-12,14H,3,13H2,1-2H3,(H,26,28). The van der Waals surface area contributed by atoms with E-state index in [0.717, 1.165) is 16.9 Å². The van der Waals surface area contributed by atoms with Crippen LogP contribution in [0.15, 0.2) is 65.7 Å². The maximum absolute atomic E-state index is 13.1. The average molecular weight is 448 g/mol. The highest BCUT2D eigenvalue weighted by Gasteiger charge is 2.20. The molecule has 0 atom stereocenters. The molecular weight excluding hydrogens is 426 g/mol. The summed E-state index contributed by atoms with van der Waals surface area (Å²) in [6, 6.07) is 16.3. The van der Waals surface area contributed by atoms with Crippen molar-refractivity contribution in [3.8, 4) is 0 Å². The van der Waals surface area contributed by atoms with E-state index in [1.807, 2.05) is 36.4 Å². The molecule has 4 aromatic rings. The van der Waals surface area contributed by atoms with Gasteiger partial charge in [0, 0.05) is 11.3 Å². The van der Waals surface area contributed by atoms with E-state index in [0.29, 0.717) is 31.9 Å². The Morgan fingerprint density at radius 1 is 1.12 bits per heavy atom. The minimum atomic E-state index is -0.448. The van der Waals surface area contributed by atoms with Gasteiger partial charge in [-0.3, -0.25) is 14.2 Å². The zero-order valence-electron chi connectivity index (χ0n) is 17.6. The molecule has 2 aromatic heterocycles. The fourth-order valence-electron chi connectivity index (χ4n) is 3.40. The number of aryl methyl sites for hydroxylation is 1. The van der Waals surface area contributed by atoms with Crippen LogP contribution in [0.2, 0.25) is 0 Å². The van der Waals surface area contributed by atoms with Gasteiger partial charge < -0.3 is 10.1 Å². The van der Waals surface area contributed by atoms with Crippen molar-refractivity contribution in [3.05, 3.63) is 92.8 Å². The second-order valence-corrected chi connectivity index (χ2v) is 8.15. The SMILES string of the molecule is CCOC(=O)c1sc2ncn(Cc3cccc(C(=O)Nc4ccccc4)c3)c(=O)c2c1C. The summed E-state index contributed by atoms with van der Waals surface area (Å²) in [6.45, 7) is 3.98. The van der Waals surface area contributed by atoms with Crippen LogP contribution in [0.4, 0.5) is 5.69 Å². The Balaban J connectivity index is 1.61. The van der Waals surface area contributed by atoms with E-state index in [1.165, 1.54) is 10.9 Å². The van der Waals surface area contributed by atoms with Gasteiger partial charge in [-0.25, -0.2) is 9.78 Å². The molecule has 2 aromatic carbocycles. The Morgan fingerprint density at radius 2 is 1.91 bits per heavy atom. The van der Waals surface area contributed by atoms with E-state index in [9.17, 15) is 14.4 Å². The number of ether oxygens (including phenoxy) is 1. The summed E-state index contributed by atoms with van der Waals surface area (Å²) in [5, 5.41) is 3.27. The highest BCUT2D eigenvalue weighted by molar-refractivity contribution is 7.20. The molecule has 0 saturated carbocycles.